The lowest BCUT2D eigenvalue weighted by molar-refractivity contribution is -0.162. The molecule has 2 aliphatic carbocycles. The van der Waals surface area contributed by atoms with Crippen molar-refractivity contribution in [3.05, 3.63) is 23.8 Å². The summed E-state index contributed by atoms with van der Waals surface area (Å²) in [4.78, 5) is 24.2. The molecule has 0 spiro atoms. The van der Waals surface area contributed by atoms with Gasteiger partial charge in [-0.25, -0.2) is 0 Å². The van der Waals surface area contributed by atoms with E-state index in [1.807, 2.05) is 13.8 Å². The summed E-state index contributed by atoms with van der Waals surface area (Å²) in [5, 5.41) is 19.6. The first-order chi connectivity index (χ1) is 14.3. The number of fused-ring (bicyclic) bond motifs is 1. The maximum atomic E-state index is 12.6. The molecule has 8 atom stereocenters. The lowest BCUT2D eigenvalue weighted by atomic mass is 9.65. The first kappa shape index (κ1) is 23.0. The summed E-state index contributed by atoms with van der Waals surface area (Å²) in [5.74, 6) is -0.0556. The van der Waals surface area contributed by atoms with E-state index in [4.69, 9.17) is 9.47 Å². The fourth-order valence-corrected chi connectivity index (χ4v) is 5.07. The van der Waals surface area contributed by atoms with Crippen molar-refractivity contribution in [2.45, 2.75) is 77.6 Å². The van der Waals surface area contributed by atoms with Gasteiger partial charge in [0.2, 0.25) is 0 Å². The number of allylic oxidation sites excluding steroid dienone is 2. The van der Waals surface area contributed by atoms with Gasteiger partial charge in [-0.2, -0.15) is 0 Å². The monoisotopic (exact) mass is 420 g/mol. The van der Waals surface area contributed by atoms with Gasteiger partial charge in [0.1, 0.15) is 12.2 Å². The van der Waals surface area contributed by atoms with Gasteiger partial charge in [-0.3, -0.25) is 9.59 Å². The van der Waals surface area contributed by atoms with E-state index < -0.39 is 6.10 Å². The topological polar surface area (TPSA) is 93.1 Å². The summed E-state index contributed by atoms with van der Waals surface area (Å²) < 4.78 is 11.4. The Kier molecular flexibility index (Phi) is 7.75. The van der Waals surface area contributed by atoms with Crippen LogP contribution in [0.2, 0.25) is 0 Å². The molecule has 3 aliphatic rings. The van der Waals surface area contributed by atoms with Crippen LogP contribution in [0.25, 0.3) is 0 Å². The summed E-state index contributed by atoms with van der Waals surface area (Å²) >= 11 is 0. The second kappa shape index (κ2) is 10.1. The number of ether oxygens (including phenoxy) is 2. The SMILES string of the molecule is CC[C@H](C)C(=O)O[C@H]1CC(CO)C=C2C=C[C@H](C)[C@H](CC[C@@H]3C[C@@H](O)CC(=O)O3)[C@H]21. The number of carbonyl (C=O) groups is 2. The van der Waals surface area contributed by atoms with Gasteiger partial charge in [0.15, 0.2) is 0 Å². The molecule has 1 unspecified atom stereocenters. The zero-order valence-corrected chi connectivity index (χ0v) is 18.3. The number of hydrogen-bond donors (Lipinski definition) is 2. The number of cyclic esters (lactones) is 1. The van der Waals surface area contributed by atoms with Crippen LogP contribution < -0.4 is 0 Å². The molecule has 0 bridgehead atoms. The minimum absolute atomic E-state index is 0.0147. The number of aliphatic hydroxyl groups excluding tert-OH is 2. The van der Waals surface area contributed by atoms with Crippen LogP contribution in [0.1, 0.15) is 59.3 Å². The third kappa shape index (κ3) is 5.33. The fourth-order valence-electron chi connectivity index (χ4n) is 5.07. The number of hydrogen-bond acceptors (Lipinski definition) is 6. The predicted molar refractivity (Wildman–Crippen MR) is 112 cm³/mol. The molecule has 2 N–H and O–H groups in total. The van der Waals surface area contributed by atoms with Crippen LogP contribution in [0.4, 0.5) is 0 Å². The maximum absolute atomic E-state index is 12.6. The lowest BCUT2D eigenvalue weighted by Gasteiger charge is -2.43. The van der Waals surface area contributed by atoms with Crippen molar-refractivity contribution < 1.29 is 29.3 Å². The largest absolute Gasteiger partial charge is 0.462 e. The molecule has 1 aliphatic heterocycles. The Hall–Kier alpha value is -1.66. The Labute approximate surface area is 179 Å². The van der Waals surface area contributed by atoms with Gasteiger partial charge in [-0.1, -0.05) is 39.0 Å². The highest BCUT2D eigenvalue weighted by atomic mass is 16.5. The summed E-state index contributed by atoms with van der Waals surface area (Å²) in [6.45, 7) is 6.07. The van der Waals surface area contributed by atoms with Crippen LogP contribution in [-0.4, -0.2) is 47.1 Å². The molecule has 30 heavy (non-hydrogen) atoms. The molecule has 1 saturated heterocycles. The highest BCUT2D eigenvalue weighted by molar-refractivity contribution is 5.72. The van der Waals surface area contributed by atoms with Gasteiger partial charge < -0.3 is 19.7 Å². The molecule has 6 nitrogen and oxygen atoms in total. The van der Waals surface area contributed by atoms with Crippen molar-refractivity contribution >= 4 is 11.9 Å². The summed E-state index contributed by atoms with van der Waals surface area (Å²) in [7, 11) is 0. The Morgan fingerprint density at radius 1 is 1.33 bits per heavy atom. The third-order valence-corrected chi connectivity index (χ3v) is 7.05. The first-order valence-electron chi connectivity index (χ1n) is 11.4. The van der Waals surface area contributed by atoms with E-state index in [-0.39, 0.29) is 60.8 Å². The molecule has 1 heterocycles. The molecular weight excluding hydrogens is 384 g/mol. The number of rotatable bonds is 7. The summed E-state index contributed by atoms with van der Waals surface area (Å²) in [5.41, 5.74) is 1.13. The second-order valence-corrected chi connectivity index (χ2v) is 9.32. The summed E-state index contributed by atoms with van der Waals surface area (Å²) in [6.07, 6.45) is 8.69. The number of aliphatic hydroxyl groups is 2. The van der Waals surface area contributed by atoms with E-state index in [2.05, 4.69) is 25.2 Å². The van der Waals surface area contributed by atoms with E-state index in [1.54, 1.807) is 0 Å². The van der Waals surface area contributed by atoms with Crippen LogP contribution in [0.15, 0.2) is 23.8 Å². The predicted octanol–water partition coefficient (Wildman–Crippen LogP) is 3.17. The minimum atomic E-state index is -0.625. The van der Waals surface area contributed by atoms with Crippen molar-refractivity contribution in [1.82, 2.24) is 0 Å². The highest BCUT2D eigenvalue weighted by Crippen LogP contribution is 2.45. The average molecular weight is 421 g/mol. The maximum Gasteiger partial charge on any atom is 0.308 e. The number of esters is 2. The Balaban J connectivity index is 1.77. The van der Waals surface area contributed by atoms with Crippen molar-refractivity contribution in [2.75, 3.05) is 6.61 Å². The molecule has 3 rings (SSSR count). The van der Waals surface area contributed by atoms with Crippen LogP contribution in [-0.2, 0) is 19.1 Å². The Morgan fingerprint density at radius 3 is 2.77 bits per heavy atom. The fraction of sp³-hybridized carbons (Fsp3) is 0.750. The van der Waals surface area contributed by atoms with E-state index in [9.17, 15) is 19.8 Å². The van der Waals surface area contributed by atoms with Crippen molar-refractivity contribution in [2.24, 2.45) is 29.6 Å². The molecule has 0 amide bonds. The van der Waals surface area contributed by atoms with E-state index >= 15 is 0 Å². The van der Waals surface area contributed by atoms with E-state index in [0.29, 0.717) is 25.2 Å². The standard InChI is InChI=1S/C24H36O6/c1-4-14(2)24(28)30-21-10-16(13-25)9-17-6-5-15(3)20(23(17)21)8-7-19-11-18(26)12-22(27)29-19/h5-6,9,14-16,18-21,23,25-26H,4,7-8,10-13H2,1-3H3/t14-,15-,16?,18+,19+,20-,21-,23-/m0/s1. The van der Waals surface area contributed by atoms with Crippen molar-refractivity contribution in [3.8, 4) is 0 Å². The quantitative estimate of drug-likeness (QED) is 0.615. The first-order valence-corrected chi connectivity index (χ1v) is 11.4. The molecule has 6 heteroatoms. The molecule has 1 fully saturated rings. The van der Waals surface area contributed by atoms with Gasteiger partial charge in [-0.05, 0) is 43.1 Å². The molecule has 0 radical (unpaired) electrons. The average Bonchev–Trinajstić information content (AvgIpc) is 2.71. The van der Waals surface area contributed by atoms with E-state index in [1.165, 1.54) is 0 Å². The zero-order valence-electron chi connectivity index (χ0n) is 18.3. The van der Waals surface area contributed by atoms with Gasteiger partial charge in [-0.15, -0.1) is 0 Å². The van der Waals surface area contributed by atoms with E-state index in [0.717, 1.165) is 18.4 Å². The van der Waals surface area contributed by atoms with Crippen LogP contribution >= 0.6 is 0 Å². The third-order valence-electron chi connectivity index (χ3n) is 7.05. The van der Waals surface area contributed by atoms with Crippen LogP contribution in [0.3, 0.4) is 0 Å². The Bertz CT molecular complexity index is 683. The molecule has 0 aromatic rings. The van der Waals surface area contributed by atoms with Gasteiger partial charge in [0.25, 0.3) is 0 Å². The Morgan fingerprint density at radius 2 is 2.10 bits per heavy atom. The van der Waals surface area contributed by atoms with Crippen molar-refractivity contribution in [3.63, 3.8) is 0 Å². The van der Waals surface area contributed by atoms with Gasteiger partial charge >= 0.3 is 11.9 Å². The number of carbonyl (C=O) groups excluding carboxylic acids is 2. The summed E-state index contributed by atoms with van der Waals surface area (Å²) in [6, 6.07) is 0. The molecule has 0 saturated carbocycles. The zero-order chi connectivity index (χ0) is 21.8. The molecular formula is C24H36O6. The second-order valence-electron chi connectivity index (χ2n) is 9.32. The lowest BCUT2D eigenvalue weighted by Crippen LogP contribution is -2.42. The smallest absolute Gasteiger partial charge is 0.308 e. The minimum Gasteiger partial charge on any atom is -0.462 e. The van der Waals surface area contributed by atoms with Crippen LogP contribution in [0.5, 0.6) is 0 Å². The van der Waals surface area contributed by atoms with Gasteiger partial charge in [0.05, 0.1) is 18.4 Å². The van der Waals surface area contributed by atoms with Gasteiger partial charge in [0, 0.05) is 24.9 Å². The molecule has 168 valence electrons. The normalized spacial score (nSPS) is 37.0. The molecule has 0 aromatic heterocycles. The highest BCUT2D eigenvalue weighted by Gasteiger charge is 2.42. The van der Waals surface area contributed by atoms with Crippen molar-refractivity contribution in [1.29, 1.82) is 0 Å². The van der Waals surface area contributed by atoms with Crippen LogP contribution in [0, 0.1) is 29.6 Å². The molecule has 0 aromatic carbocycles.